The van der Waals surface area contributed by atoms with Crippen LogP contribution in [0.4, 0.5) is 0 Å². The van der Waals surface area contributed by atoms with Crippen molar-refractivity contribution in [1.82, 2.24) is 4.90 Å². The molecule has 2 rings (SSSR count). The van der Waals surface area contributed by atoms with Gasteiger partial charge in [0.2, 0.25) is 5.91 Å². The van der Waals surface area contributed by atoms with Crippen LogP contribution in [0.5, 0.6) is 0 Å². The maximum absolute atomic E-state index is 12.2. The molecular weight excluding hydrogens is 258 g/mol. The van der Waals surface area contributed by atoms with Gasteiger partial charge in [-0.2, -0.15) is 0 Å². The molecule has 0 aromatic rings. The van der Waals surface area contributed by atoms with E-state index in [1.807, 2.05) is 0 Å². The van der Waals surface area contributed by atoms with Gasteiger partial charge in [-0.15, -0.1) is 0 Å². The molecule has 3 unspecified atom stereocenters. The van der Waals surface area contributed by atoms with Gasteiger partial charge in [0.15, 0.2) is 5.12 Å². The predicted molar refractivity (Wildman–Crippen MR) is 79.0 cm³/mol. The molecule has 0 bridgehead atoms. The number of amides is 1. The van der Waals surface area contributed by atoms with Crippen molar-refractivity contribution in [2.24, 2.45) is 11.3 Å². The van der Waals surface area contributed by atoms with Crippen LogP contribution < -0.4 is 0 Å². The Bertz CT molecular complexity index is 380. The van der Waals surface area contributed by atoms with Gasteiger partial charge in [-0.05, 0) is 30.6 Å². The fourth-order valence-corrected chi connectivity index (χ4v) is 4.83. The Morgan fingerprint density at radius 3 is 2.63 bits per heavy atom. The van der Waals surface area contributed by atoms with E-state index in [0.29, 0.717) is 23.8 Å². The average molecular weight is 283 g/mol. The van der Waals surface area contributed by atoms with Crippen LogP contribution in [0.1, 0.15) is 53.4 Å². The number of thioether (sulfide) groups is 1. The van der Waals surface area contributed by atoms with Crippen LogP contribution in [0, 0.1) is 11.3 Å². The zero-order valence-corrected chi connectivity index (χ0v) is 13.3. The summed E-state index contributed by atoms with van der Waals surface area (Å²) in [5.74, 6) is 0.926. The van der Waals surface area contributed by atoms with Gasteiger partial charge in [0, 0.05) is 31.2 Å². The second-order valence-corrected chi connectivity index (χ2v) is 8.53. The van der Waals surface area contributed by atoms with E-state index in [0.717, 1.165) is 19.4 Å². The summed E-state index contributed by atoms with van der Waals surface area (Å²) in [6.07, 6.45) is 4.00. The number of carbonyl (C=O) groups is 2. The molecule has 3 atom stereocenters. The zero-order valence-electron chi connectivity index (χ0n) is 12.4. The quantitative estimate of drug-likeness (QED) is 0.781. The lowest BCUT2D eigenvalue weighted by Gasteiger charge is -2.42. The zero-order chi connectivity index (χ0) is 14.2. The first-order valence-electron chi connectivity index (χ1n) is 7.23. The molecule has 0 aromatic carbocycles. The van der Waals surface area contributed by atoms with E-state index < -0.39 is 0 Å². The molecular formula is C15H25NO2S. The van der Waals surface area contributed by atoms with Crippen molar-refractivity contribution in [2.45, 2.75) is 64.7 Å². The third-order valence-electron chi connectivity index (χ3n) is 4.26. The molecule has 1 saturated carbocycles. The van der Waals surface area contributed by atoms with Crippen molar-refractivity contribution in [3.63, 3.8) is 0 Å². The molecule has 3 nitrogen and oxygen atoms in total. The number of rotatable bonds is 2. The van der Waals surface area contributed by atoms with E-state index >= 15 is 0 Å². The smallest absolute Gasteiger partial charge is 0.224 e. The highest BCUT2D eigenvalue weighted by molar-refractivity contribution is 8.14. The number of hydrogen-bond donors (Lipinski definition) is 0. The van der Waals surface area contributed by atoms with Crippen molar-refractivity contribution < 1.29 is 9.59 Å². The van der Waals surface area contributed by atoms with Crippen molar-refractivity contribution in [3.05, 3.63) is 0 Å². The van der Waals surface area contributed by atoms with Gasteiger partial charge in [0.05, 0.1) is 0 Å². The number of nitrogens with zero attached hydrogens (tertiary/aromatic N) is 1. The molecule has 0 N–H and O–H groups in total. The van der Waals surface area contributed by atoms with Gasteiger partial charge in [0.1, 0.15) is 0 Å². The molecule has 19 heavy (non-hydrogen) atoms. The molecule has 1 saturated heterocycles. The van der Waals surface area contributed by atoms with Crippen LogP contribution in [-0.4, -0.2) is 33.8 Å². The summed E-state index contributed by atoms with van der Waals surface area (Å²) < 4.78 is 0. The Kier molecular flexibility index (Phi) is 4.29. The van der Waals surface area contributed by atoms with E-state index in [2.05, 4.69) is 25.7 Å². The SMILES string of the molecule is CC(=O)SC1CC(=O)N(C2CC(C)CC(C)(C)C2)C1. The Labute approximate surface area is 120 Å². The van der Waals surface area contributed by atoms with Crippen molar-refractivity contribution in [2.75, 3.05) is 6.54 Å². The molecule has 0 spiro atoms. The second-order valence-electron chi connectivity index (χ2n) is 7.05. The van der Waals surface area contributed by atoms with E-state index in [1.165, 1.54) is 18.2 Å². The van der Waals surface area contributed by atoms with Crippen LogP contribution in [0.2, 0.25) is 0 Å². The van der Waals surface area contributed by atoms with Crippen molar-refractivity contribution in [3.8, 4) is 0 Å². The van der Waals surface area contributed by atoms with Gasteiger partial charge in [-0.1, -0.05) is 32.5 Å². The predicted octanol–water partition coefficient (Wildman–Crippen LogP) is 3.08. The molecule has 2 fully saturated rings. The molecule has 2 aliphatic rings. The van der Waals surface area contributed by atoms with Crippen LogP contribution in [0.15, 0.2) is 0 Å². The van der Waals surface area contributed by atoms with Crippen LogP contribution >= 0.6 is 11.8 Å². The molecule has 1 aliphatic heterocycles. The van der Waals surface area contributed by atoms with E-state index in [-0.39, 0.29) is 16.3 Å². The van der Waals surface area contributed by atoms with Crippen molar-refractivity contribution in [1.29, 1.82) is 0 Å². The van der Waals surface area contributed by atoms with Crippen LogP contribution in [-0.2, 0) is 9.59 Å². The summed E-state index contributed by atoms with van der Waals surface area (Å²) in [4.78, 5) is 25.4. The highest BCUT2D eigenvalue weighted by atomic mass is 32.2. The van der Waals surface area contributed by atoms with Gasteiger partial charge < -0.3 is 4.90 Å². The minimum absolute atomic E-state index is 0.122. The Balaban J connectivity index is 2.01. The van der Waals surface area contributed by atoms with Crippen LogP contribution in [0.3, 0.4) is 0 Å². The summed E-state index contributed by atoms with van der Waals surface area (Å²) in [7, 11) is 0. The summed E-state index contributed by atoms with van der Waals surface area (Å²) in [6, 6.07) is 0.379. The molecule has 0 radical (unpaired) electrons. The van der Waals surface area contributed by atoms with Gasteiger partial charge in [-0.3, -0.25) is 9.59 Å². The lowest BCUT2D eigenvalue weighted by molar-refractivity contribution is -0.131. The number of carbonyl (C=O) groups excluding carboxylic acids is 2. The third-order valence-corrected chi connectivity index (χ3v) is 5.24. The van der Waals surface area contributed by atoms with Crippen LogP contribution in [0.25, 0.3) is 0 Å². The normalized spacial score (nSPS) is 34.6. The summed E-state index contributed by atoms with van der Waals surface area (Å²) in [5, 5.41) is 0.294. The summed E-state index contributed by atoms with van der Waals surface area (Å²) in [6.45, 7) is 9.24. The van der Waals surface area contributed by atoms with Crippen molar-refractivity contribution >= 4 is 22.8 Å². The van der Waals surface area contributed by atoms with Gasteiger partial charge in [-0.25, -0.2) is 0 Å². The van der Waals surface area contributed by atoms with Gasteiger partial charge in [0.25, 0.3) is 0 Å². The maximum Gasteiger partial charge on any atom is 0.224 e. The Hall–Kier alpha value is -0.510. The molecule has 108 valence electrons. The minimum Gasteiger partial charge on any atom is -0.339 e. The monoisotopic (exact) mass is 283 g/mol. The number of hydrogen-bond acceptors (Lipinski definition) is 3. The van der Waals surface area contributed by atoms with E-state index in [4.69, 9.17) is 0 Å². The summed E-state index contributed by atoms with van der Waals surface area (Å²) >= 11 is 1.33. The van der Waals surface area contributed by atoms with E-state index in [9.17, 15) is 9.59 Å². The third kappa shape index (κ3) is 3.74. The molecule has 0 aromatic heterocycles. The first-order valence-corrected chi connectivity index (χ1v) is 8.11. The topological polar surface area (TPSA) is 37.4 Å². The molecule has 1 heterocycles. The first kappa shape index (κ1) is 14.9. The highest BCUT2D eigenvalue weighted by Gasteiger charge is 2.40. The molecule has 1 aliphatic carbocycles. The maximum atomic E-state index is 12.2. The molecule has 1 amide bonds. The fourth-order valence-electron chi connectivity index (χ4n) is 3.90. The Morgan fingerprint density at radius 2 is 2.05 bits per heavy atom. The first-order chi connectivity index (χ1) is 8.77. The lowest BCUT2D eigenvalue weighted by Crippen LogP contribution is -2.44. The van der Waals surface area contributed by atoms with Gasteiger partial charge >= 0.3 is 0 Å². The van der Waals surface area contributed by atoms with E-state index in [1.54, 1.807) is 6.92 Å². The average Bonchev–Trinajstić information content (AvgIpc) is 2.55. The highest BCUT2D eigenvalue weighted by Crippen LogP contribution is 2.42. The number of likely N-dealkylation sites (tertiary alicyclic amines) is 1. The minimum atomic E-state index is 0.122. The largest absolute Gasteiger partial charge is 0.339 e. The fraction of sp³-hybridized carbons (Fsp3) is 0.867. The Morgan fingerprint density at radius 1 is 1.37 bits per heavy atom. The standard InChI is InChI=1S/C15H25NO2S/c1-10-5-12(8-15(3,4)7-10)16-9-13(6-14(16)18)19-11(2)17/h10,12-13H,5-9H2,1-4H3. The second kappa shape index (κ2) is 5.47. The lowest BCUT2D eigenvalue weighted by atomic mass is 9.70. The summed E-state index contributed by atoms with van der Waals surface area (Å²) in [5.41, 5.74) is 0.328. The molecule has 4 heteroatoms.